The molecule has 0 aromatic carbocycles. The summed E-state index contributed by atoms with van der Waals surface area (Å²) < 4.78 is 5.66. The van der Waals surface area contributed by atoms with Crippen LogP contribution < -0.4 is 11.1 Å². The van der Waals surface area contributed by atoms with Gasteiger partial charge in [0.15, 0.2) is 0 Å². The molecular formula is C13H26N2O3. The third kappa shape index (κ3) is 5.33. The zero-order valence-electron chi connectivity index (χ0n) is 11.4. The minimum absolute atomic E-state index is 0.289. The standard InChI is InChI=1S/C13H26N2O3/c1-13(2,12(14)17)15-8-10(16)9-18-11-6-4-3-5-7-11/h10-11,15-16H,3-9H2,1-2H3,(H2,14,17). The zero-order valence-corrected chi connectivity index (χ0v) is 11.4. The number of β-amino-alcohol motifs (C(OH)–C–C–N with tert-alkyl or cyclic N) is 1. The number of nitrogens with one attached hydrogen (secondary N) is 1. The smallest absolute Gasteiger partial charge is 0.237 e. The third-order valence-corrected chi connectivity index (χ3v) is 3.47. The van der Waals surface area contributed by atoms with Crippen LogP contribution in [0.25, 0.3) is 0 Å². The molecule has 0 aliphatic heterocycles. The molecule has 1 aliphatic rings. The minimum Gasteiger partial charge on any atom is -0.389 e. The first-order valence-corrected chi connectivity index (χ1v) is 6.76. The van der Waals surface area contributed by atoms with Crippen LogP contribution >= 0.6 is 0 Å². The molecule has 0 aromatic heterocycles. The van der Waals surface area contributed by atoms with E-state index in [1.54, 1.807) is 13.8 Å². The lowest BCUT2D eigenvalue weighted by atomic mass is 9.98. The van der Waals surface area contributed by atoms with Crippen LogP contribution in [0.1, 0.15) is 46.0 Å². The van der Waals surface area contributed by atoms with Crippen LogP contribution in [-0.4, -0.2) is 41.9 Å². The molecule has 1 unspecified atom stereocenters. The molecule has 4 N–H and O–H groups in total. The Bertz CT molecular complexity index is 263. The van der Waals surface area contributed by atoms with E-state index in [2.05, 4.69) is 5.32 Å². The van der Waals surface area contributed by atoms with Gasteiger partial charge < -0.3 is 20.9 Å². The molecule has 1 rings (SSSR count). The second kappa shape index (κ2) is 7.07. The van der Waals surface area contributed by atoms with Crippen LogP contribution in [0.15, 0.2) is 0 Å². The maximum atomic E-state index is 11.1. The lowest BCUT2D eigenvalue weighted by Crippen LogP contribution is -2.53. The van der Waals surface area contributed by atoms with E-state index >= 15 is 0 Å². The Morgan fingerprint density at radius 3 is 2.61 bits per heavy atom. The van der Waals surface area contributed by atoms with Crippen molar-refractivity contribution < 1.29 is 14.6 Å². The van der Waals surface area contributed by atoms with E-state index in [1.165, 1.54) is 19.3 Å². The second-order valence-corrected chi connectivity index (χ2v) is 5.62. The average Bonchev–Trinajstić information content (AvgIpc) is 2.35. The Labute approximate surface area is 109 Å². The summed E-state index contributed by atoms with van der Waals surface area (Å²) in [6.07, 6.45) is 5.58. The van der Waals surface area contributed by atoms with Crippen LogP contribution in [0.2, 0.25) is 0 Å². The number of primary amides is 1. The van der Waals surface area contributed by atoms with Gasteiger partial charge in [-0.1, -0.05) is 19.3 Å². The normalized spacial score (nSPS) is 19.7. The van der Waals surface area contributed by atoms with E-state index in [4.69, 9.17) is 10.5 Å². The molecule has 1 fully saturated rings. The van der Waals surface area contributed by atoms with Crippen molar-refractivity contribution in [1.82, 2.24) is 5.32 Å². The van der Waals surface area contributed by atoms with E-state index in [9.17, 15) is 9.90 Å². The Morgan fingerprint density at radius 1 is 1.44 bits per heavy atom. The van der Waals surface area contributed by atoms with Crippen molar-refractivity contribution in [3.05, 3.63) is 0 Å². The zero-order chi connectivity index (χ0) is 13.6. The van der Waals surface area contributed by atoms with E-state index in [0.717, 1.165) is 12.8 Å². The van der Waals surface area contributed by atoms with Gasteiger partial charge in [0, 0.05) is 6.54 Å². The van der Waals surface area contributed by atoms with Crippen molar-refractivity contribution in [2.75, 3.05) is 13.2 Å². The van der Waals surface area contributed by atoms with Crippen molar-refractivity contribution in [2.24, 2.45) is 5.73 Å². The molecule has 0 spiro atoms. The molecule has 5 nitrogen and oxygen atoms in total. The van der Waals surface area contributed by atoms with Gasteiger partial charge in [0.05, 0.1) is 24.4 Å². The van der Waals surface area contributed by atoms with E-state index in [-0.39, 0.29) is 6.10 Å². The SMILES string of the molecule is CC(C)(NCC(O)COC1CCCCC1)C(N)=O. The first-order valence-electron chi connectivity index (χ1n) is 6.76. The molecule has 1 saturated carbocycles. The molecule has 0 heterocycles. The summed E-state index contributed by atoms with van der Waals surface area (Å²) in [5, 5.41) is 12.7. The summed E-state index contributed by atoms with van der Waals surface area (Å²) >= 11 is 0. The van der Waals surface area contributed by atoms with Gasteiger partial charge in [-0.2, -0.15) is 0 Å². The molecule has 106 valence electrons. The first-order chi connectivity index (χ1) is 8.42. The van der Waals surface area contributed by atoms with Crippen LogP contribution in [0.5, 0.6) is 0 Å². The van der Waals surface area contributed by atoms with E-state index < -0.39 is 17.6 Å². The molecule has 0 bridgehead atoms. The molecule has 1 amide bonds. The van der Waals surface area contributed by atoms with Gasteiger partial charge in [0.2, 0.25) is 5.91 Å². The number of carbonyl (C=O) groups is 1. The number of amides is 1. The van der Waals surface area contributed by atoms with Gasteiger partial charge >= 0.3 is 0 Å². The number of nitrogens with two attached hydrogens (primary N) is 1. The number of carbonyl (C=O) groups excluding carboxylic acids is 1. The minimum atomic E-state index is -0.800. The predicted octanol–water partition coefficient (Wildman–Crippen LogP) is 0.550. The van der Waals surface area contributed by atoms with Crippen molar-refractivity contribution in [3.8, 4) is 0 Å². The maximum Gasteiger partial charge on any atom is 0.237 e. The number of aliphatic hydroxyl groups excluding tert-OH is 1. The number of aliphatic hydroxyl groups is 1. The van der Waals surface area contributed by atoms with Crippen molar-refractivity contribution in [2.45, 2.75) is 63.7 Å². The van der Waals surface area contributed by atoms with Gasteiger partial charge in [-0.25, -0.2) is 0 Å². The largest absolute Gasteiger partial charge is 0.389 e. The second-order valence-electron chi connectivity index (χ2n) is 5.62. The highest BCUT2D eigenvalue weighted by molar-refractivity contribution is 5.83. The molecule has 5 heteroatoms. The lowest BCUT2D eigenvalue weighted by Gasteiger charge is -2.26. The fraction of sp³-hybridized carbons (Fsp3) is 0.923. The van der Waals surface area contributed by atoms with Crippen LogP contribution in [0, 0.1) is 0 Å². The Balaban J connectivity index is 2.17. The van der Waals surface area contributed by atoms with Crippen molar-refractivity contribution in [1.29, 1.82) is 0 Å². The van der Waals surface area contributed by atoms with Crippen molar-refractivity contribution >= 4 is 5.91 Å². The number of hydrogen-bond acceptors (Lipinski definition) is 4. The number of hydrogen-bond donors (Lipinski definition) is 3. The fourth-order valence-electron chi connectivity index (χ4n) is 2.00. The highest BCUT2D eigenvalue weighted by atomic mass is 16.5. The van der Waals surface area contributed by atoms with E-state index in [0.29, 0.717) is 13.2 Å². The van der Waals surface area contributed by atoms with Gasteiger partial charge in [-0.05, 0) is 26.7 Å². The van der Waals surface area contributed by atoms with Crippen molar-refractivity contribution in [3.63, 3.8) is 0 Å². The topological polar surface area (TPSA) is 84.6 Å². The Hall–Kier alpha value is -0.650. The number of rotatable bonds is 7. The summed E-state index contributed by atoms with van der Waals surface area (Å²) in [5.41, 5.74) is 4.43. The molecule has 0 aromatic rings. The molecule has 1 atom stereocenters. The van der Waals surface area contributed by atoms with Gasteiger partial charge in [0.25, 0.3) is 0 Å². The average molecular weight is 258 g/mol. The van der Waals surface area contributed by atoms with Crippen LogP contribution in [0.4, 0.5) is 0 Å². The van der Waals surface area contributed by atoms with Gasteiger partial charge in [0.1, 0.15) is 0 Å². The van der Waals surface area contributed by atoms with E-state index in [1.807, 2.05) is 0 Å². The summed E-state index contributed by atoms with van der Waals surface area (Å²) in [6.45, 7) is 4.02. The number of ether oxygens (including phenoxy) is 1. The monoisotopic (exact) mass is 258 g/mol. The fourth-order valence-corrected chi connectivity index (χ4v) is 2.00. The summed E-state index contributed by atoms with van der Waals surface area (Å²) in [5.74, 6) is -0.428. The third-order valence-electron chi connectivity index (χ3n) is 3.47. The van der Waals surface area contributed by atoms with Crippen LogP contribution in [0.3, 0.4) is 0 Å². The highest BCUT2D eigenvalue weighted by Gasteiger charge is 2.25. The summed E-state index contributed by atoms with van der Waals surface area (Å²) in [6, 6.07) is 0. The highest BCUT2D eigenvalue weighted by Crippen LogP contribution is 2.20. The quantitative estimate of drug-likeness (QED) is 0.622. The molecule has 0 radical (unpaired) electrons. The Morgan fingerprint density at radius 2 is 2.06 bits per heavy atom. The summed E-state index contributed by atoms with van der Waals surface area (Å²) in [4.78, 5) is 11.1. The first kappa shape index (κ1) is 15.4. The van der Waals surface area contributed by atoms with Gasteiger partial charge in [-0.15, -0.1) is 0 Å². The Kier molecular flexibility index (Phi) is 6.05. The molecule has 0 saturated heterocycles. The molecule has 1 aliphatic carbocycles. The summed E-state index contributed by atoms with van der Waals surface area (Å²) in [7, 11) is 0. The van der Waals surface area contributed by atoms with Crippen LogP contribution in [-0.2, 0) is 9.53 Å². The molecular weight excluding hydrogens is 232 g/mol. The van der Waals surface area contributed by atoms with Gasteiger partial charge in [-0.3, -0.25) is 4.79 Å². The lowest BCUT2D eigenvalue weighted by molar-refractivity contribution is -0.123. The predicted molar refractivity (Wildman–Crippen MR) is 70.1 cm³/mol. The molecule has 18 heavy (non-hydrogen) atoms. The maximum absolute atomic E-state index is 11.1.